The van der Waals surface area contributed by atoms with E-state index in [1.54, 1.807) is 0 Å². The normalized spacial score (nSPS) is 11.5. The molecule has 0 aromatic heterocycles. The standard InChI is InChI=1S/C16H21N3/c1-3-19(12-14(2)11-18)13-16-7-4-6-15(10-16)8-5-9-17/h4,6-7,10,14H,3,9,12-13,17H2,1-2H3. The topological polar surface area (TPSA) is 53.0 Å². The number of rotatable bonds is 5. The van der Waals surface area contributed by atoms with E-state index in [0.717, 1.165) is 25.2 Å². The van der Waals surface area contributed by atoms with Crippen molar-refractivity contribution in [2.45, 2.75) is 20.4 Å². The number of hydrogen-bond acceptors (Lipinski definition) is 3. The van der Waals surface area contributed by atoms with Crippen molar-refractivity contribution >= 4 is 0 Å². The Labute approximate surface area is 116 Å². The summed E-state index contributed by atoms with van der Waals surface area (Å²) in [5.74, 6) is 5.96. The monoisotopic (exact) mass is 255 g/mol. The first kappa shape index (κ1) is 15.2. The van der Waals surface area contributed by atoms with Crippen molar-refractivity contribution in [2.24, 2.45) is 11.7 Å². The van der Waals surface area contributed by atoms with Crippen LogP contribution in [0.15, 0.2) is 24.3 Å². The highest BCUT2D eigenvalue weighted by molar-refractivity contribution is 5.37. The first-order valence-electron chi connectivity index (χ1n) is 6.59. The maximum absolute atomic E-state index is 8.88. The first-order valence-corrected chi connectivity index (χ1v) is 6.59. The highest BCUT2D eigenvalue weighted by Crippen LogP contribution is 2.09. The second-order valence-electron chi connectivity index (χ2n) is 4.56. The molecule has 0 fully saturated rings. The van der Waals surface area contributed by atoms with Gasteiger partial charge in [0.15, 0.2) is 0 Å². The van der Waals surface area contributed by atoms with Crippen LogP contribution in [0.5, 0.6) is 0 Å². The van der Waals surface area contributed by atoms with Gasteiger partial charge in [0.2, 0.25) is 0 Å². The minimum Gasteiger partial charge on any atom is -0.320 e. The molecule has 0 radical (unpaired) electrons. The number of nitrogens with two attached hydrogens (primary N) is 1. The SMILES string of the molecule is CCN(Cc1cccc(C#CCN)c1)CC(C)C#N. The lowest BCUT2D eigenvalue weighted by molar-refractivity contribution is 0.260. The molecule has 1 aromatic rings. The van der Waals surface area contributed by atoms with E-state index >= 15 is 0 Å². The Hall–Kier alpha value is -1.81. The van der Waals surface area contributed by atoms with Gasteiger partial charge in [0.1, 0.15) is 0 Å². The van der Waals surface area contributed by atoms with Gasteiger partial charge in [0.05, 0.1) is 18.5 Å². The molecule has 0 saturated heterocycles. The van der Waals surface area contributed by atoms with Crippen LogP contribution in [0.25, 0.3) is 0 Å². The zero-order valence-corrected chi connectivity index (χ0v) is 11.7. The van der Waals surface area contributed by atoms with Crippen molar-refractivity contribution in [3.05, 3.63) is 35.4 Å². The molecule has 0 amide bonds. The fourth-order valence-corrected chi connectivity index (χ4v) is 1.89. The molecule has 100 valence electrons. The number of nitrogens with zero attached hydrogens (tertiary/aromatic N) is 2. The van der Waals surface area contributed by atoms with Gasteiger partial charge in [-0.15, -0.1) is 0 Å². The smallest absolute Gasteiger partial charge is 0.0666 e. The van der Waals surface area contributed by atoms with Gasteiger partial charge in [-0.05, 0) is 31.2 Å². The molecule has 3 heteroatoms. The van der Waals surface area contributed by atoms with E-state index in [1.165, 1.54) is 5.56 Å². The molecule has 0 aliphatic rings. The predicted octanol–water partition coefficient (Wildman–Crippen LogP) is 1.98. The molecule has 0 saturated carbocycles. The zero-order chi connectivity index (χ0) is 14.1. The minimum atomic E-state index is 0.0557. The Kier molecular flexibility index (Phi) is 6.68. The zero-order valence-electron chi connectivity index (χ0n) is 11.7. The lowest BCUT2D eigenvalue weighted by Crippen LogP contribution is -2.27. The van der Waals surface area contributed by atoms with Gasteiger partial charge < -0.3 is 5.73 Å². The fourth-order valence-electron chi connectivity index (χ4n) is 1.89. The van der Waals surface area contributed by atoms with Crippen LogP contribution >= 0.6 is 0 Å². The molecule has 0 aliphatic heterocycles. The van der Waals surface area contributed by atoms with Crippen LogP contribution in [0, 0.1) is 29.1 Å². The lowest BCUT2D eigenvalue weighted by Gasteiger charge is -2.21. The largest absolute Gasteiger partial charge is 0.320 e. The summed E-state index contributed by atoms with van der Waals surface area (Å²) in [6.45, 7) is 7.02. The number of benzene rings is 1. The Morgan fingerprint density at radius 1 is 1.42 bits per heavy atom. The fraction of sp³-hybridized carbons (Fsp3) is 0.438. The van der Waals surface area contributed by atoms with Crippen LogP contribution in [0.4, 0.5) is 0 Å². The van der Waals surface area contributed by atoms with E-state index in [9.17, 15) is 0 Å². The van der Waals surface area contributed by atoms with Gasteiger partial charge >= 0.3 is 0 Å². The van der Waals surface area contributed by atoms with Gasteiger partial charge in [-0.2, -0.15) is 5.26 Å². The maximum atomic E-state index is 8.88. The van der Waals surface area contributed by atoms with Crippen molar-refractivity contribution in [2.75, 3.05) is 19.6 Å². The summed E-state index contributed by atoms with van der Waals surface area (Å²) in [5, 5.41) is 8.88. The van der Waals surface area contributed by atoms with Crippen molar-refractivity contribution in [3.63, 3.8) is 0 Å². The van der Waals surface area contributed by atoms with Gasteiger partial charge in [0.25, 0.3) is 0 Å². The molecule has 1 unspecified atom stereocenters. The molecule has 1 atom stereocenters. The van der Waals surface area contributed by atoms with Crippen molar-refractivity contribution in [3.8, 4) is 17.9 Å². The second-order valence-corrected chi connectivity index (χ2v) is 4.56. The molecule has 3 nitrogen and oxygen atoms in total. The third-order valence-corrected chi connectivity index (χ3v) is 2.87. The van der Waals surface area contributed by atoms with Crippen LogP contribution in [0.2, 0.25) is 0 Å². The van der Waals surface area contributed by atoms with Gasteiger partial charge in [-0.3, -0.25) is 4.90 Å². The van der Waals surface area contributed by atoms with Gasteiger partial charge in [0, 0.05) is 18.7 Å². The molecule has 0 heterocycles. The molecular formula is C16H21N3. The lowest BCUT2D eigenvalue weighted by atomic mass is 10.1. The molecule has 0 aliphatic carbocycles. The Morgan fingerprint density at radius 3 is 2.84 bits per heavy atom. The van der Waals surface area contributed by atoms with Crippen LogP contribution < -0.4 is 5.73 Å². The highest BCUT2D eigenvalue weighted by Gasteiger charge is 2.08. The summed E-state index contributed by atoms with van der Waals surface area (Å²) in [6, 6.07) is 10.5. The molecular weight excluding hydrogens is 234 g/mol. The van der Waals surface area contributed by atoms with Crippen molar-refractivity contribution < 1.29 is 0 Å². The minimum absolute atomic E-state index is 0.0557. The highest BCUT2D eigenvalue weighted by atomic mass is 15.1. The average Bonchev–Trinajstić information content (AvgIpc) is 2.44. The van der Waals surface area contributed by atoms with E-state index in [-0.39, 0.29) is 5.92 Å². The van der Waals surface area contributed by atoms with E-state index < -0.39 is 0 Å². The predicted molar refractivity (Wildman–Crippen MR) is 78.1 cm³/mol. The molecule has 0 spiro atoms. The molecule has 0 bridgehead atoms. The van der Waals surface area contributed by atoms with Crippen LogP contribution in [0.3, 0.4) is 0 Å². The third kappa shape index (κ3) is 5.57. The Bertz CT molecular complexity index is 491. The number of hydrogen-bond donors (Lipinski definition) is 1. The molecule has 1 aromatic carbocycles. The average molecular weight is 255 g/mol. The molecule has 1 rings (SSSR count). The van der Waals surface area contributed by atoms with Crippen LogP contribution in [0.1, 0.15) is 25.0 Å². The van der Waals surface area contributed by atoms with E-state index in [1.807, 2.05) is 19.1 Å². The summed E-state index contributed by atoms with van der Waals surface area (Å²) >= 11 is 0. The van der Waals surface area contributed by atoms with E-state index in [2.05, 4.69) is 41.9 Å². The van der Waals surface area contributed by atoms with Crippen molar-refractivity contribution in [1.29, 1.82) is 5.26 Å². The summed E-state index contributed by atoms with van der Waals surface area (Å²) in [6.07, 6.45) is 0. The molecule has 19 heavy (non-hydrogen) atoms. The summed E-state index contributed by atoms with van der Waals surface area (Å²) in [5.41, 5.74) is 7.59. The van der Waals surface area contributed by atoms with Gasteiger partial charge in [-0.1, -0.05) is 30.9 Å². The van der Waals surface area contributed by atoms with Gasteiger partial charge in [-0.25, -0.2) is 0 Å². The molecule has 2 N–H and O–H groups in total. The summed E-state index contributed by atoms with van der Waals surface area (Å²) < 4.78 is 0. The number of nitriles is 1. The third-order valence-electron chi connectivity index (χ3n) is 2.87. The summed E-state index contributed by atoms with van der Waals surface area (Å²) in [7, 11) is 0. The van der Waals surface area contributed by atoms with Crippen LogP contribution in [-0.2, 0) is 6.54 Å². The quantitative estimate of drug-likeness (QED) is 0.819. The van der Waals surface area contributed by atoms with E-state index in [0.29, 0.717) is 6.54 Å². The summed E-state index contributed by atoms with van der Waals surface area (Å²) in [4.78, 5) is 2.27. The first-order chi connectivity index (χ1) is 9.19. The Balaban J connectivity index is 2.72. The maximum Gasteiger partial charge on any atom is 0.0666 e. The van der Waals surface area contributed by atoms with Crippen molar-refractivity contribution in [1.82, 2.24) is 4.90 Å². The second kappa shape index (κ2) is 8.32. The Morgan fingerprint density at radius 2 is 2.21 bits per heavy atom. The van der Waals surface area contributed by atoms with E-state index in [4.69, 9.17) is 11.0 Å². The van der Waals surface area contributed by atoms with Crippen LogP contribution in [-0.4, -0.2) is 24.5 Å².